The van der Waals surface area contributed by atoms with E-state index in [1.54, 1.807) is 21.3 Å². The monoisotopic (exact) mass is 488 g/mol. The average molecular weight is 489 g/mol. The van der Waals surface area contributed by atoms with Crippen molar-refractivity contribution >= 4 is 18.3 Å². The third kappa shape index (κ3) is 6.16. The van der Waals surface area contributed by atoms with Gasteiger partial charge in [-0.15, -0.1) is 12.4 Å². The van der Waals surface area contributed by atoms with Crippen LogP contribution in [0.3, 0.4) is 0 Å². The van der Waals surface area contributed by atoms with Crippen LogP contribution in [0.2, 0.25) is 0 Å². The van der Waals surface area contributed by atoms with Crippen molar-refractivity contribution in [3.8, 4) is 17.2 Å². The predicted molar refractivity (Wildman–Crippen MR) is 137 cm³/mol. The topological polar surface area (TPSA) is 51.2 Å². The smallest absolute Gasteiger partial charge is 0.254 e. The third-order valence-corrected chi connectivity index (χ3v) is 6.99. The summed E-state index contributed by atoms with van der Waals surface area (Å²) < 4.78 is 16.1. The number of nitrogens with zero attached hydrogens (tertiary/aromatic N) is 2. The van der Waals surface area contributed by atoms with Crippen molar-refractivity contribution in [2.75, 3.05) is 54.1 Å². The summed E-state index contributed by atoms with van der Waals surface area (Å²) >= 11 is 0. The van der Waals surface area contributed by atoms with Crippen LogP contribution in [-0.4, -0.2) is 69.8 Å². The van der Waals surface area contributed by atoms with Gasteiger partial charge in [-0.2, -0.15) is 0 Å². The molecule has 2 aliphatic rings. The van der Waals surface area contributed by atoms with Gasteiger partial charge in [-0.3, -0.25) is 4.79 Å². The Morgan fingerprint density at radius 2 is 1.68 bits per heavy atom. The molecule has 1 saturated heterocycles. The van der Waals surface area contributed by atoms with Crippen LogP contribution in [0.5, 0.6) is 17.2 Å². The van der Waals surface area contributed by atoms with Crippen molar-refractivity contribution in [1.82, 2.24) is 9.80 Å². The number of carbonyl (C=O) groups excluding carboxylic acids is 1. The van der Waals surface area contributed by atoms with Crippen molar-refractivity contribution in [3.63, 3.8) is 0 Å². The van der Waals surface area contributed by atoms with Gasteiger partial charge in [0.2, 0.25) is 0 Å². The van der Waals surface area contributed by atoms with Gasteiger partial charge < -0.3 is 24.0 Å². The lowest BCUT2D eigenvalue weighted by molar-refractivity contribution is 0.0695. The van der Waals surface area contributed by atoms with Crippen molar-refractivity contribution in [1.29, 1.82) is 0 Å². The lowest BCUT2D eigenvalue weighted by atomic mass is 9.95. The molecule has 0 aliphatic carbocycles. The van der Waals surface area contributed by atoms with Gasteiger partial charge in [-0.05, 0) is 73.5 Å². The van der Waals surface area contributed by atoms with E-state index in [0.29, 0.717) is 17.4 Å². The molecular formula is C27H37ClN2O4. The maximum Gasteiger partial charge on any atom is 0.254 e. The number of carbonyl (C=O) groups is 1. The predicted octanol–water partition coefficient (Wildman–Crippen LogP) is 4.48. The Morgan fingerprint density at radius 1 is 0.941 bits per heavy atom. The number of methoxy groups -OCH3 is 3. The summed E-state index contributed by atoms with van der Waals surface area (Å²) in [6.07, 6.45) is 5.53. The number of amides is 1. The standard InChI is InChI=1S/C27H36N2O4.ClH/c1-31-23-9-7-20(8-10-23)11-14-28-13-5-4-6-21(18-28)19-29-15-12-22-16-25(32-2)26(33-3)17-24(22)27(29)30;/h7-10,16-17,21H,4-6,11-15,18-19H2,1-3H3;1H. The Hall–Kier alpha value is -2.44. The number of likely N-dealkylation sites (tertiary alicyclic amines) is 1. The molecule has 2 aromatic carbocycles. The summed E-state index contributed by atoms with van der Waals surface area (Å²) in [4.78, 5) is 17.9. The quantitative estimate of drug-likeness (QED) is 0.548. The molecule has 2 aliphatic heterocycles. The number of benzene rings is 2. The average Bonchev–Trinajstić information content (AvgIpc) is 3.09. The maximum atomic E-state index is 13.3. The normalized spacial score (nSPS) is 18.5. The van der Waals surface area contributed by atoms with Gasteiger partial charge in [0, 0.05) is 31.7 Å². The third-order valence-electron chi connectivity index (χ3n) is 6.99. The largest absolute Gasteiger partial charge is 0.497 e. The van der Waals surface area contributed by atoms with Gasteiger partial charge in [-0.25, -0.2) is 0 Å². The fourth-order valence-electron chi connectivity index (χ4n) is 5.09. The van der Waals surface area contributed by atoms with Crippen LogP contribution in [0, 0.1) is 5.92 Å². The number of hydrogen-bond acceptors (Lipinski definition) is 5. The fraction of sp³-hybridized carbons (Fsp3) is 0.519. The van der Waals surface area contributed by atoms with Gasteiger partial charge in [0.05, 0.1) is 21.3 Å². The SMILES string of the molecule is COc1ccc(CCN2CCCCC(CN3CCc4cc(OC)c(OC)cc4C3=O)C2)cc1.Cl. The lowest BCUT2D eigenvalue weighted by Crippen LogP contribution is -2.43. The van der Waals surface area contributed by atoms with Gasteiger partial charge in [-0.1, -0.05) is 18.6 Å². The minimum absolute atomic E-state index is 0. The molecule has 34 heavy (non-hydrogen) atoms. The molecule has 4 rings (SSSR count). The highest BCUT2D eigenvalue weighted by Gasteiger charge is 2.29. The number of ether oxygens (including phenoxy) is 3. The molecule has 1 fully saturated rings. The highest BCUT2D eigenvalue weighted by atomic mass is 35.5. The van der Waals surface area contributed by atoms with Crippen LogP contribution in [0.4, 0.5) is 0 Å². The minimum atomic E-state index is 0. The van der Waals surface area contributed by atoms with Crippen molar-refractivity contribution in [3.05, 3.63) is 53.1 Å². The van der Waals surface area contributed by atoms with Gasteiger partial charge in [0.1, 0.15) is 5.75 Å². The summed E-state index contributed by atoms with van der Waals surface area (Å²) in [5, 5.41) is 0. The second kappa shape index (κ2) is 12.3. The van der Waals surface area contributed by atoms with E-state index in [1.807, 2.05) is 29.2 Å². The number of rotatable bonds is 8. The number of halogens is 1. The Kier molecular flexibility index (Phi) is 9.48. The van der Waals surface area contributed by atoms with Crippen LogP contribution >= 0.6 is 12.4 Å². The van der Waals surface area contributed by atoms with E-state index in [4.69, 9.17) is 14.2 Å². The number of hydrogen-bond donors (Lipinski definition) is 0. The van der Waals surface area contributed by atoms with E-state index in [0.717, 1.165) is 62.4 Å². The lowest BCUT2D eigenvalue weighted by Gasteiger charge is -2.33. The van der Waals surface area contributed by atoms with E-state index in [9.17, 15) is 4.79 Å². The van der Waals surface area contributed by atoms with Crippen molar-refractivity contribution in [2.45, 2.75) is 32.1 Å². The van der Waals surface area contributed by atoms with Gasteiger partial charge in [0.25, 0.3) is 5.91 Å². The van der Waals surface area contributed by atoms with Crippen LogP contribution in [0.1, 0.15) is 40.7 Å². The van der Waals surface area contributed by atoms with Crippen molar-refractivity contribution < 1.29 is 19.0 Å². The van der Waals surface area contributed by atoms with Gasteiger partial charge >= 0.3 is 0 Å². The van der Waals surface area contributed by atoms with E-state index < -0.39 is 0 Å². The molecule has 0 aromatic heterocycles. The van der Waals surface area contributed by atoms with E-state index in [2.05, 4.69) is 17.0 Å². The molecule has 0 radical (unpaired) electrons. The molecule has 0 saturated carbocycles. The van der Waals surface area contributed by atoms with E-state index >= 15 is 0 Å². The van der Waals surface area contributed by atoms with Crippen molar-refractivity contribution in [2.24, 2.45) is 5.92 Å². The van der Waals surface area contributed by atoms with Crippen LogP contribution < -0.4 is 14.2 Å². The molecule has 0 N–H and O–H groups in total. The summed E-state index contributed by atoms with van der Waals surface area (Å²) in [5.74, 6) is 2.83. The second-order valence-electron chi connectivity index (χ2n) is 9.13. The molecule has 0 spiro atoms. The Labute approximate surface area is 209 Å². The van der Waals surface area contributed by atoms with Crippen LogP contribution in [0.15, 0.2) is 36.4 Å². The molecule has 1 unspecified atom stereocenters. The van der Waals surface area contributed by atoms with Crippen LogP contribution in [0.25, 0.3) is 0 Å². The van der Waals surface area contributed by atoms with E-state index in [1.165, 1.54) is 24.8 Å². The van der Waals surface area contributed by atoms with E-state index in [-0.39, 0.29) is 18.3 Å². The fourth-order valence-corrected chi connectivity index (χ4v) is 5.09. The zero-order valence-corrected chi connectivity index (χ0v) is 21.4. The first-order valence-corrected chi connectivity index (χ1v) is 12.0. The summed E-state index contributed by atoms with van der Waals surface area (Å²) in [6.45, 7) is 4.84. The first-order chi connectivity index (χ1) is 16.1. The molecule has 6 nitrogen and oxygen atoms in total. The highest BCUT2D eigenvalue weighted by Crippen LogP contribution is 2.33. The van der Waals surface area contributed by atoms with Gasteiger partial charge in [0.15, 0.2) is 11.5 Å². The zero-order chi connectivity index (χ0) is 23.2. The first kappa shape index (κ1) is 26.2. The summed E-state index contributed by atoms with van der Waals surface area (Å²) in [5.41, 5.74) is 3.14. The van der Waals surface area contributed by atoms with Crippen LogP contribution in [-0.2, 0) is 12.8 Å². The molecule has 186 valence electrons. The maximum absolute atomic E-state index is 13.3. The Morgan fingerprint density at radius 3 is 2.38 bits per heavy atom. The molecule has 2 aromatic rings. The first-order valence-electron chi connectivity index (χ1n) is 12.0. The molecule has 2 heterocycles. The Balaban J connectivity index is 0.00000324. The molecule has 7 heteroatoms. The molecule has 1 amide bonds. The molecule has 0 bridgehead atoms. The number of fused-ring (bicyclic) bond motifs is 1. The summed E-state index contributed by atoms with van der Waals surface area (Å²) in [6, 6.07) is 12.2. The molecular weight excluding hydrogens is 452 g/mol. The minimum Gasteiger partial charge on any atom is -0.497 e. The zero-order valence-electron chi connectivity index (χ0n) is 20.5. The highest BCUT2D eigenvalue weighted by molar-refractivity contribution is 5.97. The Bertz CT molecular complexity index is 950. The summed E-state index contributed by atoms with van der Waals surface area (Å²) in [7, 11) is 4.94. The second-order valence-corrected chi connectivity index (χ2v) is 9.13. The molecule has 1 atom stereocenters.